The molecule has 0 bridgehead atoms. The number of rotatable bonds is 4. The summed E-state index contributed by atoms with van der Waals surface area (Å²) < 4.78 is 51.9. The third-order valence-corrected chi connectivity index (χ3v) is 3.44. The van der Waals surface area contributed by atoms with Gasteiger partial charge < -0.3 is 4.74 Å². The molecule has 0 aliphatic carbocycles. The van der Waals surface area contributed by atoms with Gasteiger partial charge >= 0.3 is 12.1 Å². The van der Waals surface area contributed by atoms with Crippen LogP contribution in [0.25, 0.3) is 0 Å². The number of hydrogen-bond acceptors (Lipinski definition) is 3. The highest BCUT2D eigenvalue weighted by Gasteiger charge is 2.30. The fraction of sp³-hybridized carbons (Fsp3) is 0.462. The highest BCUT2D eigenvalue weighted by atomic mass is 32.2. The van der Waals surface area contributed by atoms with E-state index in [1.807, 2.05) is 13.8 Å². The number of ether oxygens (including phenoxy) is 1. The van der Waals surface area contributed by atoms with E-state index in [1.54, 1.807) is 0 Å². The Labute approximate surface area is 118 Å². The molecule has 0 radical (unpaired) electrons. The molecular weight excluding hydrogens is 293 g/mol. The fourth-order valence-corrected chi connectivity index (χ4v) is 2.13. The predicted octanol–water partition coefficient (Wildman–Crippen LogP) is 3.10. The van der Waals surface area contributed by atoms with E-state index in [2.05, 4.69) is 4.74 Å². The predicted molar refractivity (Wildman–Crippen MR) is 70.8 cm³/mol. The second-order valence-electron chi connectivity index (χ2n) is 3.50. The van der Waals surface area contributed by atoms with Gasteiger partial charge in [-0.05, 0) is 17.7 Å². The molecule has 0 heterocycles. The molecular formula is C13H17F3O3S. The van der Waals surface area contributed by atoms with Gasteiger partial charge in [0.05, 0.1) is 24.3 Å². The van der Waals surface area contributed by atoms with E-state index >= 15 is 0 Å². The molecule has 0 amide bonds. The topological polar surface area (TPSA) is 43.4 Å². The lowest BCUT2D eigenvalue weighted by Gasteiger charge is -2.06. The van der Waals surface area contributed by atoms with Gasteiger partial charge in [-0.25, -0.2) is 0 Å². The molecule has 1 aromatic rings. The van der Waals surface area contributed by atoms with Crippen LogP contribution in [-0.2, 0) is 26.8 Å². The molecule has 0 aromatic heterocycles. The molecule has 1 unspecified atom stereocenters. The zero-order valence-corrected chi connectivity index (χ0v) is 12.3. The van der Waals surface area contributed by atoms with Crippen LogP contribution in [0.4, 0.5) is 13.2 Å². The number of carbonyl (C=O) groups is 1. The summed E-state index contributed by atoms with van der Waals surface area (Å²) >= 11 is 0. The molecule has 0 fully saturated rings. The Morgan fingerprint density at radius 1 is 1.20 bits per heavy atom. The van der Waals surface area contributed by atoms with Crippen molar-refractivity contribution in [1.29, 1.82) is 0 Å². The van der Waals surface area contributed by atoms with Crippen LogP contribution < -0.4 is 0 Å². The van der Waals surface area contributed by atoms with Crippen LogP contribution in [-0.4, -0.2) is 29.2 Å². The lowest BCUT2D eigenvalue weighted by Crippen LogP contribution is -2.18. The van der Waals surface area contributed by atoms with Crippen molar-refractivity contribution in [3.05, 3.63) is 29.8 Å². The number of carbonyl (C=O) groups excluding carboxylic acids is 1. The molecule has 1 rings (SSSR count). The highest BCUT2D eigenvalue weighted by Crippen LogP contribution is 2.20. The third-order valence-electron chi connectivity index (χ3n) is 2.06. The SMILES string of the molecule is CC.COC(=O)Cc1ccc(S(=O)CC(F)(F)F)cc1. The zero-order chi connectivity index (χ0) is 15.8. The molecule has 114 valence electrons. The largest absolute Gasteiger partial charge is 0.469 e. The van der Waals surface area contributed by atoms with Gasteiger partial charge in [0.1, 0.15) is 5.75 Å². The Kier molecular flexibility index (Phi) is 8.13. The van der Waals surface area contributed by atoms with Gasteiger partial charge in [-0.1, -0.05) is 26.0 Å². The van der Waals surface area contributed by atoms with E-state index in [-0.39, 0.29) is 11.3 Å². The van der Waals surface area contributed by atoms with E-state index in [0.29, 0.717) is 5.56 Å². The first kappa shape index (κ1) is 18.6. The average molecular weight is 310 g/mol. The molecule has 0 saturated heterocycles. The lowest BCUT2D eigenvalue weighted by molar-refractivity contribution is -0.139. The molecule has 3 nitrogen and oxygen atoms in total. The third kappa shape index (κ3) is 7.28. The molecule has 0 spiro atoms. The summed E-state index contributed by atoms with van der Waals surface area (Å²) in [5.74, 6) is -1.82. The Morgan fingerprint density at radius 3 is 2.10 bits per heavy atom. The normalized spacial score (nSPS) is 12.1. The van der Waals surface area contributed by atoms with Crippen LogP contribution >= 0.6 is 0 Å². The van der Waals surface area contributed by atoms with Crippen LogP contribution in [0.15, 0.2) is 29.2 Å². The summed E-state index contributed by atoms with van der Waals surface area (Å²) in [5.41, 5.74) is 0.592. The quantitative estimate of drug-likeness (QED) is 0.803. The van der Waals surface area contributed by atoms with Crippen molar-refractivity contribution >= 4 is 16.8 Å². The molecule has 20 heavy (non-hydrogen) atoms. The molecule has 0 aliphatic heterocycles. The van der Waals surface area contributed by atoms with Gasteiger partial charge in [0, 0.05) is 4.90 Å². The first-order chi connectivity index (χ1) is 9.31. The number of halogens is 3. The van der Waals surface area contributed by atoms with Crippen molar-refractivity contribution in [1.82, 2.24) is 0 Å². The monoisotopic (exact) mass is 310 g/mol. The number of benzene rings is 1. The first-order valence-electron chi connectivity index (χ1n) is 5.92. The van der Waals surface area contributed by atoms with Gasteiger partial charge in [-0.2, -0.15) is 13.2 Å². The standard InChI is InChI=1S/C11H11F3O3S.C2H6/c1-17-10(15)6-8-2-4-9(5-3-8)18(16)7-11(12,13)14;1-2/h2-5H,6-7H2,1H3;1-2H3. The van der Waals surface area contributed by atoms with Crippen LogP contribution in [0, 0.1) is 0 Å². The van der Waals surface area contributed by atoms with Crippen molar-refractivity contribution in [3.8, 4) is 0 Å². The second kappa shape index (κ2) is 8.73. The summed E-state index contributed by atoms with van der Waals surface area (Å²) in [7, 11) is -0.872. The van der Waals surface area contributed by atoms with Crippen molar-refractivity contribution in [3.63, 3.8) is 0 Å². The molecule has 1 aromatic carbocycles. The molecule has 0 aliphatic rings. The maximum Gasteiger partial charge on any atom is 0.400 e. The zero-order valence-electron chi connectivity index (χ0n) is 11.5. The van der Waals surface area contributed by atoms with Crippen molar-refractivity contribution in [2.45, 2.75) is 31.3 Å². The molecule has 7 heteroatoms. The van der Waals surface area contributed by atoms with E-state index in [9.17, 15) is 22.2 Å². The van der Waals surface area contributed by atoms with Gasteiger partial charge in [0.15, 0.2) is 0 Å². The van der Waals surface area contributed by atoms with E-state index in [4.69, 9.17) is 0 Å². The summed E-state index contributed by atoms with van der Waals surface area (Å²) in [5, 5.41) is 0. The highest BCUT2D eigenvalue weighted by molar-refractivity contribution is 7.85. The van der Waals surface area contributed by atoms with Crippen molar-refractivity contribution in [2.24, 2.45) is 0 Å². The van der Waals surface area contributed by atoms with Gasteiger partial charge in [0.2, 0.25) is 0 Å². The van der Waals surface area contributed by atoms with Crippen molar-refractivity contribution in [2.75, 3.05) is 12.9 Å². The number of methoxy groups -OCH3 is 1. The van der Waals surface area contributed by atoms with E-state index in [0.717, 1.165) is 0 Å². The minimum Gasteiger partial charge on any atom is -0.469 e. The number of esters is 1. The summed E-state index contributed by atoms with van der Waals surface area (Å²) in [6.45, 7) is 4.00. The van der Waals surface area contributed by atoms with Crippen molar-refractivity contribution < 1.29 is 26.9 Å². The summed E-state index contributed by atoms with van der Waals surface area (Å²) in [6, 6.07) is 5.56. The van der Waals surface area contributed by atoms with Crippen LogP contribution in [0.1, 0.15) is 19.4 Å². The first-order valence-corrected chi connectivity index (χ1v) is 7.24. The van der Waals surface area contributed by atoms with Crippen LogP contribution in [0.5, 0.6) is 0 Å². The van der Waals surface area contributed by atoms with E-state index < -0.39 is 28.7 Å². The maximum atomic E-state index is 12.0. The maximum absolute atomic E-state index is 12.0. The number of hydrogen-bond donors (Lipinski definition) is 0. The minimum atomic E-state index is -4.46. The fourth-order valence-electron chi connectivity index (χ4n) is 1.23. The Hall–Kier alpha value is -1.37. The molecule has 0 saturated carbocycles. The Morgan fingerprint density at radius 2 is 1.70 bits per heavy atom. The molecule has 0 N–H and O–H groups in total. The summed E-state index contributed by atoms with van der Waals surface area (Å²) in [6.07, 6.45) is -4.43. The Bertz CT molecular complexity index is 441. The van der Waals surface area contributed by atoms with E-state index in [1.165, 1.54) is 31.4 Å². The molecule has 1 atom stereocenters. The smallest absolute Gasteiger partial charge is 0.400 e. The van der Waals surface area contributed by atoms with Gasteiger partial charge in [0.25, 0.3) is 0 Å². The van der Waals surface area contributed by atoms with Crippen LogP contribution in [0.2, 0.25) is 0 Å². The Balaban J connectivity index is 0.00000172. The minimum absolute atomic E-state index is 0.0304. The second-order valence-corrected chi connectivity index (χ2v) is 4.95. The van der Waals surface area contributed by atoms with Crippen LogP contribution in [0.3, 0.4) is 0 Å². The number of alkyl halides is 3. The lowest BCUT2D eigenvalue weighted by atomic mass is 10.2. The summed E-state index contributed by atoms with van der Waals surface area (Å²) in [4.78, 5) is 11.0. The van der Waals surface area contributed by atoms with Gasteiger partial charge in [-0.3, -0.25) is 9.00 Å². The van der Waals surface area contributed by atoms with Gasteiger partial charge in [-0.15, -0.1) is 0 Å². The average Bonchev–Trinajstić information content (AvgIpc) is 2.39.